The monoisotopic (exact) mass is 630 g/mol. The summed E-state index contributed by atoms with van der Waals surface area (Å²) in [6.45, 7) is 7.51. The molecule has 3 atom stereocenters. The minimum absolute atomic E-state index is 0.00149. The van der Waals surface area contributed by atoms with Crippen molar-refractivity contribution in [1.82, 2.24) is 29.7 Å². The molecule has 9 nitrogen and oxygen atoms in total. The molecule has 47 heavy (non-hydrogen) atoms. The quantitative estimate of drug-likeness (QED) is 0.190. The van der Waals surface area contributed by atoms with E-state index < -0.39 is 0 Å². The average molecular weight is 631 g/mol. The van der Waals surface area contributed by atoms with Gasteiger partial charge in [-0.3, -0.25) is 9.59 Å². The van der Waals surface area contributed by atoms with Crippen molar-refractivity contribution in [3.8, 4) is 28.1 Å². The summed E-state index contributed by atoms with van der Waals surface area (Å²) >= 11 is 0. The molecule has 0 saturated carbocycles. The lowest BCUT2D eigenvalue weighted by atomic mass is 9.92. The summed E-state index contributed by atoms with van der Waals surface area (Å²) in [7, 11) is 0. The van der Waals surface area contributed by atoms with Crippen LogP contribution in [0.5, 0.6) is 5.75 Å². The average Bonchev–Trinajstić information content (AvgIpc) is 3.89. The highest BCUT2D eigenvalue weighted by molar-refractivity contribution is 6.07. The maximum absolute atomic E-state index is 12.9. The number of ether oxygens (including phenoxy) is 1. The fraction of sp³-hybridized carbons (Fsp3) is 0.421. The van der Waals surface area contributed by atoms with Gasteiger partial charge in [0.1, 0.15) is 24.0 Å². The molecule has 3 aliphatic heterocycles. The number of hydrogen-bond donors (Lipinski definition) is 2. The van der Waals surface area contributed by atoms with Crippen LogP contribution in [-0.4, -0.2) is 54.1 Å². The number of carbonyl (C=O) groups is 2. The number of H-pyrrole nitrogens is 2. The largest absolute Gasteiger partial charge is 0.488 e. The van der Waals surface area contributed by atoms with Gasteiger partial charge >= 0.3 is 0 Å². The van der Waals surface area contributed by atoms with Crippen LogP contribution < -0.4 is 4.74 Å². The van der Waals surface area contributed by atoms with E-state index in [0.717, 1.165) is 112 Å². The number of imidazole rings is 2. The van der Waals surface area contributed by atoms with Gasteiger partial charge < -0.3 is 24.5 Å². The molecule has 2 N–H and O–H groups in total. The number of benzene rings is 3. The Bertz CT molecular complexity index is 2010. The van der Waals surface area contributed by atoms with Crippen molar-refractivity contribution in [2.45, 2.75) is 96.9 Å². The highest BCUT2D eigenvalue weighted by Crippen LogP contribution is 2.43. The van der Waals surface area contributed by atoms with E-state index in [1.807, 2.05) is 16.0 Å². The third-order valence-electron chi connectivity index (χ3n) is 10.4. The van der Waals surface area contributed by atoms with Gasteiger partial charge in [0.25, 0.3) is 0 Å². The highest BCUT2D eigenvalue weighted by atomic mass is 16.5. The molecular weight excluding hydrogens is 588 g/mol. The van der Waals surface area contributed by atoms with Crippen molar-refractivity contribution < 1.29 is 14.3 Å². The van der Waals surface area contributed by atoms with E-state index in [0.29, 0.717) is 19.4 Å². The molecule has 0 unspecified atom stereocenters. The van der Waals surface area contributed by atoms with Crippen LogP contribution >= 0.6 is 0 Å². The van der Waals surface area contributed by atoms with Crippen LogP contribution in [0.15, 0.2) is 48.7 Å². The number of nitrogens with one attached hydrogen (secondary N) is 2. The molecule has 3 aliphatic rings. The van der Waals surface area contributed by atoms with Gasteiger partial charge in [-0.2, -0.15) is 0 Å². The third-order valence-corrected chi connectivity index (χ3v) is 10.4. The van der Waals surface area contributed by atoms with Crippen LogP contribution in [0.2, 0.25) is 0 Å². The summed E-state index contributed by atoms with van der Waals surface area (Å²) in [5, 5.41) is 2.15. The van der Waals surface area contributed by atoms with Crippen LogP contribution in [0, 0.1) is 0 Å². The van der Waals surface area contributed by atoms with Gasteiger partial charge in [-0.05, 0) is 91.8 Å². The lowest BCUT2D eigenvalue weighted by Gasteiger charge is -2.27. The van der Waals surface area contributed by atoms with Gasteiger partial charge in [0.05, 0.1) is 35.0 Å². The molecule has 2 aromatic heterocycles. The Hall–Kier alpha value is -4.66. The van der Waals surface area contributed by atoms with E-state index in [1.165, 1.54) is 0 Å². The molecule has 0 radical (unpaired) electrons. The Morgan fingerprint density at radius 3 is 2.62 bits per heavy atom. The summed E-state index contributed by atoms with van der Waals surface area (Å²) in [5.74, 6) is 3.01. The minimum Gasteiger partial charge on any atom is -0.488 e. The Labute approximate surface area is 274 Å². The fourth-order valence-electron chi connectivity index (χ4n) is 8.01. The summed E-state index contributed by atoms with van der Waals surface area (Å²) in [6, 6.07) is 15.3. The zero-order chi connectivity index (χ0) is 32.2. The fourth-order valence-corrected chi connectivity index (χ4v) is 8.01. The number of carbonyl (C=O) groups excluding carboxylic acids is 2. The summed E-state index contributed by atoms with van der Waals surface area (Å²) < 4.78 is 6.38. The van der Waals surface area contributed by atoms with Crippen LogP contribution in [0.1, 0.15) is 101 Å². The molecule has 242 valence electrons. The molecule has 0 spiro atoms. The Balaban J connectivity index is 1.08. The molecule has 3 aromatic carbocycles. The van der Waals surface area contributed by atoms with Crippen molar-refractivity contribution in [2.75, 3.05) is 6.54 Å². The Morgan fingerprint density at radius 2 is 1.77 bits per heavy atom. The second-order valence-electron chi connectivity index (χ2n) is 13.5. The Kier molecular flexibility index (Phi) is 7.50. The zero-order valence-electron chi connectivity index (χ0n) is 27.4. The standard InChI is InChI=1S/C38H42N6O3/c1-4-7-34(45)43-16-6-9-31(43)38-40-29-14-12-23-18-28-26-13-11-24(17-25(26)21-47-33(28)19-27(23)36(29)42-38)30-20-39-37(41-30)32-15-10-22(3)44(32)35(46)8-5-2/h11-14,17-20,22,31-32H,4-10,15-16,21H2,1-3H3,(H,39,41)(H,40,42)/t22-,31-,32-/m0/s1. The second kappa shape index (κ2) is 11.9. The van der Waals surface area contributed by atoms with E-state index in [2.05, 4.69) is 73.2 Å². The highest BCUT2D eigenvalue weighted by Gasteiger charge is 2.36. The summed E-state index contributed by atoms with van der Waals surface area (Å²) in [5.41, 5.74) is 7.26. The van der Waals surface area contributed by atoms with E-state index in [4.69, 9.17) is 14.7 Å². The number of aromatic amines is 2. The summed E-state index contributed by atoms with van der Waals surface area (Å²) in [4.78, 5) is 46.6. The van der Waals surface area contributed by atoms with Crippen molar-refractivity contribution >= 4 is 33.6 Å². The van der Waals surface area contributed by atoms with E-state index >= 15 is 0 Å². The molecule has 2 fully saturated rings. The van der Waals surface area contributed by atoms with Crippen molar-refractivity contribution in [2.24, 2.45) is 0 Å². The number of amides is 2. The minimum atomic E-state index is -0.00312. The number of hydrogen-bond acceptors (Lipinski definition) is 5. The molecule has 5 aromatic rings. The first-order valence-corrected chi connectivity index (χ1v) is 17.3. The topological polar surface area (TPSA) is 107 Å². The maximum Gasteiger partial charge on any atom is 0.223 e. The molecule has 0 bridgehead atoms. The van der Waals surface area contributed by atoms with Crippen LogP contribution in [0.3, 0.4) is 0 Å². The molecule has 2 saturated heterocycles. The van der Waals surface area contributed by atoms with Crippen molar-refractivity contribution in [1.29, 1.82) is 0 Å². The first kappa shape index (κ1) is 29.7. The van der Waals surface area contributed by atoms with Crippen molar-refractivity contribution in [3.63, 3.8) is 0 Å². The van der Waals surface area contributed by atoms with Crippen LogP contribution in [-0.2, 0) is 16.2 Å². The third kappa shape index (κ3) is 5.07. The van der Waals surface area contributed by atoms with Crippen LogP contribution in [0.25, 0.3) is 44.2 Å². The molecule has 8 rings (SSSR count). The van der Waals surface area contributed by atoms with Gasteiger partial charge in [0.2, 0.25) is 11.8 Å². The van der Waals surface area contributed by atoms with Gasteiger partial charge in [-0.1, -0.05) is 32.0 Å². The molecular formula is C38H42N6O3. The van der Waals surface area contributed by atoms with Crippen molar-refractivity contribution in [3.05, 3.63) is 65.9 Å². The molecule has 9 heteroatoms. The molecule has 0 aliphatic carbocycles. The first-order valence-electron chi connectivity index (χ1n) is 17.3. The predicted octanol–water partition coefficient (Wildman–Crippen LogP) is 7.98. The number of aromatic nitrogens is 4. The molecule has 5 heterocycles. The van der Waals surface area contributed by atoms with Gasteiger partial charge in [0.15, 0.2) is 0 Å². The first-order chi connectivity index (χ1) is 22.9. The predicted molar refractivity (Wildman–Crippen MR) is 183 cm³/mol. The van der Waals surface area contributed by atoms with Gasteiger partial charge in [-0.15, -0.1) is 0 Å². The normalized spacial score (nSPS) is 20.5. The number of nitrogens with zero attached hydrogens (tertiary/aromatic N) is 4. The van der Waals surface area contributed by atoms with Gasteiger partial charge in [0, 0.05) is 36.4 Å². The number of rotatable bonds is 7. The second-order valence-corrected chi connectivity index (χ2v) is 13.5. The maximum atomic E-state index is 12.9. The van der Waals surface area contributed by atoms with Gasteiger partial charge in [-0.25, -0.2) is 9.97 Å². The number of fused-ring (bicyclic) bond motifs is 6. The van der Waals surface area contributed by atoms with E-state index in [9.17, 15) is 9.59 Å². The van der Waals surface area contributed by atoms with Crippen LogP contribution in [0.4, 0.5) is 0 Å². The molecule has 2 amide bonds. The Morgan fingerprint density at radius 1 is 0.915 bits per heavy atom. The van der Waals surface area contributed by atoms with E-state index in [-0.39, 0.29) is 29.9 Å². The van der Waals surface area contributed by atoms with E-state index in [1.54, 1.807) is 0 Å². The lowest BCUT2D eigenvalue weighted by Crippen LogP contribution is -2.35. The SMILES string of the molecule is CCCC(=O)N1CCC[C@H]1c1nc2c(ccc3cc4c(cc32)OCc2cc(-c3cnc([C@@H]5CC[C@H](C)N5C(=O)CCC)[nH]3)ccc2-4)[nH]1. The lowest BCUT2D eigenvalue weighted by molar-refractivity contribution is -0.134. The summed E-state index contributed by atoms with van der Waals surface area (Å²) in [6.07, 6.45) is 8.60. The number of likely N-dealkylation sites (tertiary alicyclic amines) is 2. The zero-order valence-corrected chi connectivity index (χ0v) is 27.4. The smallest absolute Gasteiger partial charge is 0.223 e.